The quantitative estimate of drug-likeness (QED) is 0.796. The second-order valence-corrected chi connectivity index (χ2v) is 8.47. The summed E-state index contributed by atoms with van der Waals surface area (Å²) in [5, 5.41) is 11.7. The van der Waals surface area contributed by atoms with Crippen LogP contribution in [0.4, 0.5) is 17.2 Å². The fraction of sp³-hybridized carbons (Fsp3) is 0.316. The Morgan fingerprint density at radius 2 is 1.79 bits per heavy atom. The van der Waals surface area contributed by atoms with Crippen molar-refractivity contribution in [3.8, 4) is 6.07 Å². The summed E-state index contributed by atoms with van der Waals surface area (Å²) in [7, 11) is -3.33. The number of pyridine rings is 1. The molecule has 1 aliphatic rings. The summed E-state index contributed by atoms with van der Waals surface area (Å²) in [6.07, 6.45) is 4.06. The van der Waals surface area contributed by atoms with Gasteiger partial charge in [0.15, 0.2) is 0 Å². The van der Waals surface area contributed by atoms with Crippen molar-refractivity contribution in [1.29, 1.82) is 5.26 Å². The van der Waals surface area contributed by atoms with E-state index in [0.29, 0.717) is 42.9 Å². The van der Waals surface area contributed by atoms with Crippen LogP contribution in [0.3, 0.4) is 0 Å². The number of nitrogens with one attached hydrogen (secondary N) is 2. The molecule has 1 aliphatic heterocycles. The molecule has 8 nitrogen and oxygen atoms in total. The van der Waals surface area contributed by atoms with Crippen LogP contribution in [-0.2, 0) is 14.8 Å². The lowest BCUT2D eigenvalue weighted by atomic mass is 9.95. The normalized spacial score (nSPS) is 14.9. The van der Waals surface area contributed by atoms with Gasteiger partial charge in [-0.05, 0) is 49.2 Å². The van der Waals surface area contributed by atoms with Gasteiger partial charge in [0.25, 0.3) is 0 Å². The van der Waals surface area contributed by atoms with E-state index in [4.69, 9.17) is 5.26 Å². The maximum atomic E-state index is 12.5. The maximum absolute atomic E-state index is 12.5. The second-order valence-electron chi connectivity index (χ2n) is 6.72. The van der Waals surface area contributed by atoms with Gasteiger partial charge in [-0.2, -0.15) is 5.26 Å². The molecule has 28 heavy (non-hydrogen) atoms. The molecule has 1 aromatic heterocycles. The highest BCUT2D eigenvalue weighted by atomic mass is 32.2. The van der Waals surface area contributed by atoms with Crippen molar-refractivity contribution >= 4 is 33.1 Å². The Morgan fingerprint density at radius 1 is 1.14 bits per heavy atom. The predicted octanol–water partition coefficient (Wildman–Crippen LogP) is 2.18. The minimum Gasteiger partial charge on any atom is -0.357 e. The Morgan fingerprint density at radius 3 is 2.32 bits per heavy atom. The molecule has 1 amide bonds. The first-order valence-corrected chi connectivity index (χ1v) is 10.7. The fourth-order valence-electron chi connectivity index (χ4n) is 3.09. The number of nitrogens with zero attached hydrogens (tertiary/aromatic N) is 3. The molecule has 0 atom stereocenters. The van der Waals surface area contributed by atoms with E-state index < -0.39 is 10.0 Å². The molecule has 0 spiro atoms. The molecule has 0 bridgehead atoms. The summed E-state index contributed by atoms with van der Waals surface area (Å²) in [5.41, 5.74) is 1.60. The number of hydrogen-bond donors (Lipinski definition) is 2. The number of benzene rings is 1. The van der Waals surface area contributed by atoms with E-state index in [1.165, 1.54) is 0 Å². The molecule has 0 saturated carbocycles. The number of piperidine rings is 1. The summed E-state index contributed by atoms with van der Waals surface area (Å²) < 4.78 is 24.8. The molecule has 2 heterocycles. The monoisotopic (exact) mass is 399 g/mol. The summed E-state index contributed by atoms with van der Waals surface area (Å²) >= 11 is 0. The number of hydrogen-bond acceptors (Lipinski definition) is 6. The van der Waals surface area contributed by atoms with Crippen LogP contribution in [0.25, 0.3) is 0 Å². The molecule has 0 unspecified atom stereocenters. The average molecular weight is 399 g/mol. The molecule has 1 saturated heterocycles. The van der Waals surface area contributed by atoms with Gasteiger partial charge in [-0.3, -0.25) is 9.52 Å². The van der Waals surface area contributed by atoms with Crippen LogP contribution in [0.15, 0.2) is 42.6 Å². The van der Waals surface area contributed by atoms with Gasteiger partial charge in [-0.1, -0.05) is 0 Å². The zero-order valence-corrected chi connectivity index (χ0v) is 16.2. The third-order valence-electron chi connectivity index (χ3n) is 4.52. The molecule has 1 fully saturated rings. The number of carbonyl (C=O) groups excluding carboxylic acids is 1. The first-order chi connectivity index (χ1) is 13.3. The van der Waals surface area contributed by atoms with Crippen LogP contribution >= 0.6 is 0 Å². The molecule has 9 heteroatoms. The summed E-state index contributed by atoms with van der Waals surface area (Å²) in [6, 6.07) is 12.2. The lowest BCUT2D eigenvalue weighted by Gasteiger charge is -2.32. The number of nitriles is 1. The molecule has 2 N–H and O–H groups in total. The highest BCUT2D eigenvalue weighted by Crippen LogP contribution is 2.23. The highest BCUT2D eigenvalue weighted by molar-refractivity contribution is 7.92. The second kappa shape index (κ2) is 8.27. The number of anilines is 3. The van der Waals surface area contributed by atoms with Crippen molar-refractivity contribution < 1.29 is 13.2 Å². The Hall–Kier alpha value is -3.12. The number of aromatic nitrogens is 1. The first kappa shape index (κ1) is 19.6. The molecule has 2 aromatic rings. The molecule has 0 radical (unpaired) electrons. The van der Waals surface area contributed by atoms with Gasteiger partial charge in [-0.15, -0.1) is 0 Å². The zero-order chi connectivity index (χ0) is 20.1. The van der Waals surface area contributed by atoms with Gasteiger partial charge in [-0.25, -0.2) is 13.4 Å². The van der Waals surface area contributed by atoms with E-state index in [-0.39, 0.29) is 11.8 Å². The number of rotatable bonds is 5. The zero-order valence-electron chi connectivity index (χ0n) is 15.4. The van der Waals surface area contributed by atoms with E-state index in [0.717, 1.165) is 12.1 Å². The minimum absolute atomic E-state index is 0.0451. The maximum Gasteiger partial charge on any atom is 0.229 e. The van der Waals surface area contributed by atoms with Gasteiger partial charge >= 0.3 is 0 Å². The van der Waals surface area contributed by atoms with E-state index in [1.54, 1.807) is 36.5 Å². The fourth-order valence-corrected chi connectivity index (χ4v) is 3.65. The topological polar surface area (TPSA) is 115 Å². The van der Waals surface area contributed by atoms with Crippen LogP contribution in [0.1, 0.15) is 18.4 Å². The van der Waals surface area contributed by atoms with Gasteiger partial charge in [0.1, 0.15) is 11.9 Å². The Balaban J connectivity index is 1.53. The third kappa shape index (κ3) is 5.20. The minimum atomic E-state index is -3.33. The standard InChI is InChI=1S/C19H21N5O3S/c1-28(26,27)23-17-5-3-16(4-6-17)22-19(25)15-8-10-24(11-9-15)18-7-2-14(12-20)13-21-18/h2-7,13,15,23H,8-11H2,1H3,(H,22,25). The van der Waals surface area contributed by atoms with Crippen LogP contribution < -0.4 is 14.9 Å². The highest BCUT2D eigenvalue weighted by Gasteiger charge is 2.25. The Bertz CT molecular complexity index is 974. The molecule has 3 rings (SSSR count). The lowest BCUT2D eigenvalue weighted by molar-refractivity contribution is -0.120. The van der Waals surface area contributed by atoms with Crippen molar-refractivity contribution in [3.05, 3.63) is 48.2 Å². The van der Waals surface area contributed by atoms with Crippen molar-refractivity contribution in [2.24, 2.45) is 5.92 Å². The van der Waals surface area contributed by atoms with Crippen LogP contribution in [-0.4, -0.2) is 38.7 Å². The van der Waals surface area contributed by atoms with Crippen LogP contribution in [0.5, 0.6) is 0 Å². The Labute approximate surface area is 164 Å². The van der Waals surface area contributed by atoms with E-state index in [1.807, 2.05) is 12.1 Å². The number of amides is 1. The lowest BCUT2D eigenvalue weighted by Crippen LogP contribution is -2.38. The number of carbonyl (C=O) groups is 1. The van der Waals surface area contributed by atoms with Crippen molar-refractivity contribution in [2.75, 3.05) is 34.3 Å². The van der Waals surface area contributed by atoms with Crippen molar-refractivity contribution in [2.45, 2.75) is 12.8 Å². The Kier molecular flexibility index (Phi) is 5.80. The van der Waals surface area contributed by atoms with Gasteiger partial charge in [0.2, 0.25) is 15.9 Å². The molecule has 146 valence electrons. The van der Waals surface area contributed by atoms with Crippen LogP contribution in [0.2, 0.25) is 0 Å². The summed E-state index contributed by atoms with van der Waals surface area (Å²) in [6.45, 7) is 1.43. The van der Waals surface area contributed by atoms with E-state index in [9.17, 15) is 13.2 Å². The molecular formula is C19H21N5O3S. The molecule has 0 aliphatic carbocycles. The van der Waals surface area contributed by atoms with Gasteiger partial charge in [0.05, 0.1) is 11.8 Å². The van der Waals surface area contributed by atoms with Crippen molar-refractivity contribution in [3.63, 3.8) is 0 Å². The van der Waals surface area contributed by atoms with E-state index >= 15 is 0 Å². The predicted molar refractivity (Wildman–Crippen MR) is 107 cm³/mol. The summed E-state index contributed by atoms with van der Waals surface area (Å²) in [4.78, 5) is 18.9. The largest absolute Gasteiger partial charge is 0.357 e. The van der Waals surface area contributed by atoms with E-state index in [2.05, 4.69) is 19.9 Å². The van der Waals surface area contributed by atoms with Gasteiger partial charge < -0.3 is 10.2 Å². The SMILES string of the molecule is CS(=O)(=O)Nc1ccc(NC(=O)C2CCN(c3ccc(C#N)cn3)CC2)cc1. The first-order valence-electron chi connectivity index (χ1n) is 8.84. The molecule has 1 aromatic carbocycles. The van der Waals surface area contributed by atoms with Crippen LogP contribution in [0, 0.1) is 17.2 Å². The van der Waals surface area contributed by atoms with Crippen molar-refractivity contribution in [1.82, 2.24) is 4.98 Å². The smallest absolute Gasteiger partial charge is 0.229 e. The number of sulfonamides is 1. The third-order valence-corrected chi connectivity index (χ3v) is 5.13. The van der Waals surface area contributed by atoms with Gasteiger partial charge in [0, 0.05) is 36.6 Å². The average Bonchev–Trinajstić information content (AvgIpc) is 2.68. The molecular weight excluding hydrogens is 378 g/mol. The summed E-state index contributed by atoms with van der Waals surface area (Å²) in [5.74, 6) is 0.673.